The maximum atomic E-state index is 12.3. The highest BCUT2D eigenvalue weighted by Gasteiger charge is 2.27. The van der Waals surface area contributed by atoms with E-state index in [9.17, 15) is 4.79 Å². The van der Waals surface area contributed by atoms with Gasteiger partial charge in [0.2, 0.25) is 5.91 Å². The first-order valence-corrected chi connectivity index (χ1v) is 7.56. The van der Waals surface area contributed by atoms with Crippen LogP contribution >= 0.6 is 24.8 Å². The number of rotatable bonds is 6. The molecule has 0 aliphatic rings. The van der Waals surface area contributed by atoms with Gasteiger partial charge in [-0.25, -0.2) is 0 Å². The van der Waals surface area contributed by atoms with Crippen molar-refractivity contribution in [1.29, 1.82) is 0 Å². The lowest BCUT2D eigenvalue weighted by atomic mass is 9.96. The summed E-state index contributed by atoms with van der Waals surface area (Å²) in [6.45, 7) is 6.58. The molecule has 1 amide bonds. The first-order valence-electron chi connectivity index (χ1n) is 7.56. The standard InChI is InChI=1S/C16H23N5O.2ClH/c1-4-9-16(3,17)15(22)19-13-8-6-7-12(10-13)14-20-18-11-21(14)5-2;;/h6-8,10-11H,4-5,9,17H2,1-3H3,(H,19,22);2*1H. The molecule has 0 saturated heterocycles. The van der Waals surface area contributed by atoms with Crippen LogP contribution in [0.25, 0.3) is 11.4 Å². The van der Waals surface area contributed by atoms with Gasteiger partial charge < -0.3 is 15.6 Å². The van der Waals surface area contributed by atoms with Crippen molar-refractivity contribution < 1.29 is 4.79 Å². The topological polar surface area (TPSA) is 85.8 Å². The largest absolute Gasteiger partial charge is 0.324 e. The lowest BCUT2D eigenvalue weighted by Gasteiger charge is -2.23. The highest BCUT2D eigenvalue weighted by Crippen LogP contribution is 2.21. The van der Waals surface area contributed by atoms with Crippen molar-refractivity contribution in [2.45, 2.75) is 45.7 Å². The van der Waals surface area contributed by atoms with Crippen molar-refractivity contribution in [1.82, 2.24) is 14.8 Å². The van der Waals surface area contributed by atoms with Crippen molar-refractivity contribution >= 4 is 36.4 Å². The van der Waals surface area contributed by atoms with E-state index in [4.69, 9.17) is 5.73 Å². The highest BCUT2D eigenvalue weighted by molar-refractivity contribution is 5.98. The summed E-state index contributed by atoms with van der Waals surface area (Å²) in [4.78, 5) is 12.3. The van der Waals surface area contributed by atoms with Crippen molar-refractivity contribution in [3.8, 4) is 11.4 Å². The molecule has 1 aromatic carbocycles. The summed E-state index contributed by atoms with van der Waals surface area (Å²) in [5, 5.41) is 10.9. The number of benzene rings is 1. The van der Waals surface area contributed by atoms with Crippen LogP contribution in [0.3, 0.4) is 0 Å². The van der Waals surface area contributed by atoms with Crippen molar-refractivity contribution in [2.24, 2.45) is 5.73 Å². The van der Waals surface area contributed by atoms with E-state index in [0.717, 1.165) is 24.4 Å². The number of aromatic nitrogens is 3. The molecular formula is C16H25Cl2N5O. The van der Waals surface area contributed by atoms with Gasteiger partial charge in [-0.3, -0.25) is 4.79 Å². The Balaban J connectivity index is 0.00000264. The molecule has 2 rings (SSSR count). The monoisotopic (exact) mass is 373 g/mol. The Morgan fingerprint density at radius 1 is 1.33 bits per heavy atom. The lowest BCUT2D eigenvalue weighted by Crippen LogP contribution is -2.48. The predicted octanol–water partition coefficient (Wildman–Crippen LogP) is 3.26. The maximum Gasteiger partial charge on any atom is 0.244 e. The van der Waals surface area contributed by atoms with Crippen LogP contribution in [0.5, 0.6) is 0 Å². The number of nitrogens with one attached hydrogen (secondary N) is 1. The van der Waals surface area contributed by atoms with Crippen LogP contribution < -0.4 is 11.1 Å². The number of carbonyl (C=O) groups is 1. The zero-order chi connectivity index (χ0) is 16.2. The van der Waals surface area contributed by atoms with Crippen LogP contribution in [0.15, 0.2) is 30.6 Å². The minimum atomic E-state index is -0.867. The van der Waals surface area contributed by atoms with Crippen molar-refractivity contribution in [2.75, 3.05) is 5.32 Å². The molecule has 6 nitrogen and oxygen atoms in total. The Kier molecular flexibility index (Phi) is 8.96. The summed E-state index contributed by atoms with van der Waals surface area (Å²) < 4.78 is 1.95. The van der Waals surface area contributed by atoms with E-state index in [0.29, 0.717) is 12.1 Å². The number of hydrogen-bond donors (Lipinski definition) is 2. The van der Waals surface area contributed by atoms with E-state index in [1.807, 2.05) is 42.7 Å². The molecule has 1 atom stereocenters. The summed E-state index contributed by atoms with van der Waals surface area (Å²) in [6.07, 6.45) is 3.20. The molecule has 2 aromatic rings. The van der Waals surface area contributed by atoms with Gasteiger partial charge in [0.25, 0.3) is 0 Å². The fraction of sp³-hybridized carbons (Fsp3) is 0.438. The lowest BCUT2D eigenvalue weighted by molar-refractivity contribution is -0.120. The Labute approximate surface area is 155 Å². The maximum absolute atomic E-state index is 12.3. The van der Waals surface area contributed by atoms with Crippen LogP contribution in [0, 0.1) is 0 Å². The quantitative estimate of drug-likeness (QED) is 0.813. The second kappa shape index (κ2) is 9.61. The third kappa shape index (κ3) is 5.19. The fourth-order valence-electron chi connectivity index (χ4n) is 2.35. The minimum Gasteiger partial charge on any atom is -0.324 e. The molecule has 8 heteroatoms. The average molecular weight is 374 g/mol. The SMILES string of the molecule is CCCC(C)(N)C(=O)Nc1cccc(-c2nncn2CC)c1.Cl.Cl. The number of carbonyl (C=O) groups excluding carboxylic acids is 1. The molecule has 0 aliphatic heterocycles. The smallest absolute Gasteiger partial charge is 0.244 e. The molecule has 1 heterocycles. The van der Waals surface area contributed by atoms with Gasteiger partial charge in [0.15, 0.2) is 5.82 Å². The van der Waals surface area contributed by atoms with E-state index in [1.54, 1.807) is 13.3 Å². The summed E-state index contributed by atoms with van der Waals surface area (Å²) >= 11 is 0. The normalized spacial score (nSPS) is 12.5. The second-order valence-electron chi connectivity index (χ2n) is 5.64. The highest BCUT2D eigenvalue weighted by atomic mass is 35.5. The first-order chi connectivity index (χ1) is 10.5. The number of hydrogen-bond acceptors (Lipinski definition) is 4. The summed E-state index contributed by atoms with van der Waals surface area (Å²) in [6, 6.07) is 7.55. The first kappa shape index (κ1) is 22.4. The van der Waals surface area contributed by atoms with Gasteiger partial charge in [-0.2, -0.15) is 0 Å². The van der Waals surface area contributed by atoms with E-state index >= 15 is 0 Å². The number of aryl methyl sites for hydroxylation is 1. The van der Waals surface area contributed by atoms with Gasteiger partial charge in [-0.05, 0) is 32.4 Å². The molecule has 134 valence electrons. The Hall–Kier alpha value is -1.63. The van der Waals surface area contributed by atoms with Gasteiger partial charge in [-0.15, -0.1) is 35.0 Å². The third-order valence-corrected chi connectivity index (χ3v) is 3.62. The molecule has 0 aliphatic carbocycles. The minimum absolute atomic E-state index is 0. The van der Waals surface area contributed by atoms with E-state index in [-0.39, 0.29) is 30.7 Å². The van der Waals surface area contributed by atoms with E-state index in [2.05, 4.69) is 15.5 Å². The summed E-state index contributed by atoms with van der Waals surface area (Å²) in [5.41, 5.74) is 6.81. The fourth-order valence-corrected chi connectivity index (χ4v) is 2.35. The van der Waals surface area contributed by atoms with Crippen molar-refractivity contribution in [3.05, 3.63) is 30.6 Å². The molecule has 3 N–H and O–H groups in total. The molecule has 0 radical (unpaired) electrons. The molecule has 0 saturated carbocycles. The van der Waals surface area contributed by atoms with Gasteiger partial charge in [0, 0.05) is 17.8 Å². The second-order valence-corrected chi connectivity index (χ2v) is 5.64. The molecule has 0 spiro atoms. The third-order valence-electron chi connectivity index (χ3n) is 3.62. The molecule has 1 unspecified atom stereocenters. The number of amides is 1. The van der Waals surface area contributed by atoms with Crippen LogP contribution in [0.4, 0.5) is 5.69 Å². The Morgan fingerprint density at radius 3 is 2.67 bits per heavy atom. The zero-order valence-corrected chi connectivity index (χ0v) is 15.8. The number of nitrogens with zero attached hydrogens (tertiary/aromatic N) is 3. The Bertz CT molecular complexity index is 657. The van der Waals surface area contributed by atoms with Gasteiger partial charge >= 0.3 is 0 Å². The van der Waals surface area contributed by atoms with Crippen molar-refractivity contribution in [3.63, 3.8) is 0 Å². The van der Waals surface area contributed by atoms with Crippen LogP contribution in [0.2, 0.25) is 0 Å². The summed E-state index contributed by atoms with van der Waals surface area (Å²) in [5.74, 6) is 0.603. The van der Waals surface area contributed by atoms with Crippen LogP contribution in [0.1, 0.15) is 33.6 Å². The van der Waals surface area contributed by atoms with Gasteiger partial charge in [0.1, 0.15) is 6.33 Å². The predicted molar refractivity (Wildman–Crippen MR) is 102 cm³/mol. The van der Waals surface area contributed by atoms with Crippen LogP contribution in [-0.4, -0.2) is 26.2 Å². The number of anilines is 1. The summed E-state index contributed by atoms with van der Waals surface area (Å²) in [7, 11) is 0. The van der Waals surface area contributed by atoms with E-state index in [1.165, 1.54) is 0 Å². The zero-order valence-electron chi connectivity index (χ0n) is 14.2. The van der Waals surface area contributed by atoms with Gasteiger partial charge in [0.05, 0.1) is 5.54 Å². The Morgan fingerprint density at radius 2 is 2.04 bits per heavy atom. The average Bonchev–Trinajstić information content (AvgIpc) is 2.96. The molecular weight excluding hydrogens is 349 g/mol. The van der Waals surface area contributed by atoms with Crippen LogP contribution in [-0.2, 0) is 11.3 Å². The molecule has 24 heavy (non-hydrogen) atoms. The molecule has 1 aromatic heterocycles. The number of halogens is 2. The number of nitrogens with two attached hydrogens (primary N) is 1. The van der Waals surface area contributed by atoms with E-state index < -0.39 is 5.54 Å². The molecule has 0 bridgehead atoms. The van der Waals surface area contributed by atoms with Gasteiger partial charge in [-0.1, -0.05) is 25.5 Å². The molecule has 0 fully saturated rings.